The van der Waals surface area contributed by atoms with Crippen molar-refractivity contribution >= 4 is 21.7 Å². The normalized spacial score (nSPS) is 19.4. The van der Waals surface area contributed by atoms with Crippen LogP contribution >= 0.6 is 0 Å². The highest BCUT2D eigenvalue weighted by atomic mass is 32.2. The monoisotopic (exact) mass is 405 g/mol. The van der Waals surface area contributed by atoms with Crippen LogP contribution in [0.2, 0.25) is 0 Å². The number of carbonyl (C=O) groups excluding carboxylic acids is 1. The summed E-state index contributed by atoms with van der Waals surface area (Å²) < 4.78 is 39.5. The molecule has 28 heavy (non-hydrogen) atoms. The summed E-state index contributed by atoms with van der Waals surface area (Å²) in [6.07, 6.45) is 3.82. The first kappa shape index (κ1) is 20.3. The van der Waals surface area contributed by atoms with E-state index >= 15 is 0 Å². The van der Waals surface area contributed by atoms with E-state index in [1.165, 1.54) is 18.7 Å². The first-order chi connectivity index (χ1) is 13.4. The van der Waals surface area contributed by atoms with Gasteiger partial charge in [0.15, 0.2) is 0 Å². The molecule has 1 saturated carbocycles. The number of nitrogens with one attached hydrogen (secondary N) is 3. The maximum Gasteiger partial charge on any atom is 0.319 e. The van der Waals surface area contributed by atoms with Gasteiger partial charge in [0.2, 0.25) is 10.0 Å². The molecule has 1 fully saturated rings. The Morgan fingerprint density at radius 2 is 1.89 bits per heavy atom. The molecule has 0 saturated heterocycles. The van der Waals surface area contributed by atoms with Gasteiger partial charge >= 0.3 is 6.03 Å². The van der Waals surface area contributed by atoms with Gasteiger partial charge in [-0.3, -0.25) is 0 Å². The average Bonchev–Trinajstić information content (AvgIpc) is 3.10. The molecule has 0 bridgehead atoms. The highest BCUT2D eigenvalue weighted by molar-refractivity contribution is 7.89. The van der Waals surface area contributed by atoms with E-state index in [1.54, 1.807) is 0 Å². The third kappa shape index (κ3) is 5.08. The predicted molar refractivity (Wildman–Crippen MR) is 106 cm³/mol. The standard InChI is InChI=1S/C20H24FN3O3S/c1-22-28(26,27)19-13-17(9-10-18(19)21)24-20(25)23-16-8-7-15(12-16)11-14-5-3-2-4-6-14/h2-6,9-10,13,15-16,22H,7-8,11-12H2,1H3,(H2,23,24,25). The molecule has 0 spiro atoms. The van der Waals surface area contributed by atoms with Crippen LogP contribution in [0.5, 0.6) is 0 Å². The topological polar surface area (TPSA) is 87.3 Å². The van der Waals surface area contributed by atoms with Crippen LogP contribution in [0.1, 0.15) is 24.8 Å². The van der Waals surface area contributed by atoms with Crippen molar-refractivity contribution in [1.82, 2.24) is 10.0 Å². The smallest absolute Gasteiger partial charge is 0.319 e. The van der Waals surface area contributed by atoms with Gasteiger partial charge in [0, 0.05) is 11.7 Å². The van der Waals surface area contributed by atoms with Crippen molar-refractivity contribution in [2.24, 2.45) is 5.92 Å². The number of benzene rings is 2. The van der Waals surface area contributed by atoms with Gasteiger partial charge in [-0.25, -0.2) is 22.3 Å². The van der Waals surface area contributed by atoms with E-state index in [4.69, 9.17) is 0 Å². The van der Waals surface area contributed by atoms with Crippen molar-refractivity contribution in [3.8, 4) is 0 Å². The molecule has 2 atom stereocenters. The third-order valence-electron chi connectivity index (χ3n) is 4.99. The van der Waals surface area contributed by atoms with Crippen LogP contribution in [0, 0.1) is 11.7 Å². The van der Waals surface area contributed by atoms with Gasteiger partial charge in [-0.1, -0.05) is 30.3 Å². The molecule has 1 aliphatic rings. The van der Waals surface area contributed by atoms with Gasteiger partial charge in [-0.15, -0.1) is 0 Å². The average molecular weight is 405 g/mol. The summed E-state index contributed by atoms with van der Waals surface area (Å²) in [5.41, 5.74) is 1.51. The zero-order valence-corrected chi connectivity index (χ0v) is 16.4. The summed E-state index contributed by atoms with van der Waals surface area (Å²) >= 11 is 0. The minimum absolute atomic E-state index is 0.0645. The number of sulfonamides is 1. The number of rotatable bonds is 6. The molecule has 2 aromatic carbocycles. The zero-order valence-electron chi connectivity index (χ0n) is 15.6. The van der Waals surface area contributed by atoms with Gasteiger partial charge in [0.05, 0.1) is 0 Å². The van der Waals surface area contributed by atoms with Crippen molar-refractivity contribution in [3.63, 3.8) is 0 Å². The number of urea groups is 1. The summed E-state index contributed by atoms with van der Waals surface area (Å²) in [7, 11) is -2.74. The summed E-state index contributed by atoms with van der Waals surface area (Å²) in [5, 5.41) is 5.51. The first-order valence-corrected chi connectivity index (χ1v) is 10.7. The third-order valence-corrected chi connectivity index (χ3v) is 6.42. The SMILES string of the molecule is CNS(=O)(=O)c1cc(NC(=O)NC2CCC(Cc3ccccc3)C2)ccc1F. The molecule has 0 radical (unpaired) electrons. The summed E-state index contributed by atoms with van der Waals surface area (Å²) in [4.78, 5) is 11.8. The molecule has 6 nitrogen and oxygen atoms in total. The highest BCUT2D eigenvalue weighted by Crippen LogP contribution is 2.29. The molecular weight excluding hydrogens is 381 g/mol. The van der Waals surface area contributed by atoms with Crippen LogP contribution in [-0.2, 0) is 16.4 Å². The molecule has 2 amide bonds. The lowest BCUT2D eigenvalue weighted by Crippen LogP contribution is -2.36. The fourth-order valence-electron chi connectivity index (χ4n) is 3.59. The number of halogens is 1. The predicted octanol–water partition coefficient (Wildman–Crippen LogP) is 3.27. The maximum absolute atomic E-state index is 13.8. The lowest BCUT2D eigenvalue weighted by molar-refractivity contribution is 0.248. The van der Waals surface area contributed by atoms with Crippen LogP contribution < -0.4 is 15.4 Å². The van der Waals surface area contributed by atoms with E-state index in [1.807, 2.05) is 18.2 Å². The molecule has 1 aliphatic carbocycles. The molecule has 0 aromatic heterocycles. The van der Waals surface area contributed by atoms with E-state index in [0.29, 0.717) is 5.92 Å². The number of amides is 2. The minimum Gasteiger partial charge on any atom is -0.335 e. The van der Waals surface area contributed by atoms with Gasteiger partial charge in [-0.2, -0.15) is 0 Å². The molecule has 0 aliphatic heterocycles. The number of anilines is 1. The van der Waals surface area contributed by atoms with Crippen molar-refractivity contribution in [2.75, 3.05) is 12.4 Å². The Balaban J connectivity index is 1.56. The Morgan fingerprint density at radius 1 is 1.14 bits per heavy atom. The van der Waals surface area contributed by atoms with Gasteiger partial charge in [0.25, 0.3) is 0 Å². The Kier molecular flexibility index (Phi) is 6.31. The molecule has 8 heteroatoms. The molecule has 150 valence electrons. The minimum atomic E-state index is -3.94. The maximum atomic E-state index is 13.8. The molecule has 2 unspecified atom stereocenters. The lowest BCUT2D eigenvalue weighted by atomic mass is 9.98. The van der Waals surface area contributed by atoms with Crippen LogP contribution in [0.25, 0.3) is 0 Å². The molecular formula is C20H24FN3O3S. The van der Waals surface area contributed by atoms with E-state index in [-0.39, 0.29) is 11.7 Å². The first-order valence-electron chi connectivity index (χ1n) is 9.22. The number of carbonyl (C=O) groups is 1. The van der Waals surface area contributed by atoms with Crippen molar-refractivity contribution in [3.05, 3.63) is 59.9 Å². The van der Waals surface area contributed by atoms with Crippen LogP contribution in [-0.4, -0.2) is 27.5 Å². The van der Waals surface area contributed by atoms with Crippen LogP contribution in [0.4, 0.5) is 14.9 Å². The highest BCUT2D eigenvalue weighted by Gasteiger charge is 2.26. The fraction of sp³-hybridized carbons (Fsp3) is 0.350. The number of hydrogen-bond donors (Lipinski definition) is 3. The molecule has 3 rings (SSSR count). The largest absolute Gasteiger partial charge is 0.335 e. The van der Waals surface area contributed by atoms with E-state index in [9.17, 15) is 17.6 Å². The summed E-state index contributed by atoms with van der Waals surface area (Å²) in [6.45, 7) is 0. The second-order valence-electron chi connectivity index (χ2n) is 7.02. The van der Waals surface area contributed by atoms with Crippen molar-refractivity contribution < 1.29 is 17.6 Å². The second-order valence-corrected chi connectivity index (χ2v) is 8.87. The quantitative estimate of drug-likeness (QED) is 0.689. The van der Waals surface area contributed by atoms with E-state index in [0.717, 1.165) is 37.8 Å². The van der Waals surface area contributed by atoms with Crippen molar-refractivity contribution in [1.29, 1.82) is 0 Å². The van der Waals surface area contributed by atoms with E-state index in [2.05, 4.69) is 27.5 Å². The zero-order chi connectivity index (χ0) is 20.1. The van der Waals surface area contributed by atoms with Gasteiger partial charge in [-0.05, 0) is 62.4 Å². The summed E-state index contributed by atoms with van der Waals surface area (Å²) in [6, 6.07) is 13.4. The fourth-order valence-corrected chi connectivity index (χ4v) is 4.42. The Labute approximate surface area is 164 Å². The Hall–Kier alpha value is -2.45. The summed E-state index contributed by atoms with van der Waals surface area (Å²) in [5.74, 6) is -0.356. The lowest BCUT2D eigenvalue weighted by Gasteiger charge is -2.15. The van der Waals surface area contributed by atoms with Crippen molar-refractivity contribution in [2.45, 2.75) is 36.6 Å². The Bertz CT molecular complexity index is 935. The Morgan fingerprint density at radius 3 is 2.61 bits per heavy atom. The molecule has 3 N–H and O–H groups in total. The molecule has 0 heterocycles. The molecule has 2 aromatic rings. The van der Waals surface area contributed by atoms with Crippen LogP contribution in [0.3, 0.4) is 0 Å². The second kappa shape index (κ2) is 8.70. The van der Waals surface area contributed by atoms with E-state index < -0.39 is 26.8 Å². The van der Waals surface area contributed by atoms with Gasteiger partial charge < -0.3 is 10.6 Å². The number of hydrogen-bond acceptors (Lipinski definition) is 3. The van der Waals surface area contributed by atoms with Crippen LogP contribution in [0.15, 0.2) is 53.4 Å². The van der Waals surface area contributed by atoms with Gasteiger partial charge in [0.1, 0.15) is 10.7 Å².